The molecule has 1 unspecified atom stereocenters. The van der Waals surface area contributed by atoms with E-state index >= 15 is 0 Å². The second-order valence-corrected chi connectivity index (χ2v) is 8.06. The third-order valence-corrected chi connectivity index (χ3v) is 4.22. The Balaban J connectivity index is 2.85. The molecule has 0 aliphatic heterocycles. The SMILES string of the molecule is CS[P+](=S)S. The molecule has 4 heteroatoms. The molecule has 0 aliphatic carbocycles. The van der Waals surface area contributed by atoms with Gasteiger partial charge in [0.15, 0.2) is 11.8 Å². The molecule has 0 saturated heterocycles. The predicted molar refractivity (Wildman–Crippen MR) is 36.8 cm³/mol. The molecule has 1 atom stereocenters. The summed E-state index contributed by atoms with van der Waals surface area (Å²) in [5.41, 5.74) is 0. The summed E-state index contributed by atoms with van der Waals surface area (Å²) in [6.45, 7) is 0. The van der Waals surface area contributed by atoms with Gasteiger partial charge >= 0.3 is 5.10 Å². The summed E-state index contributed by atoms with van der Waals surface area (Å²) in [6.07, 6.45) is 1.96. The van der Waals surface area contributed by atoms with Gasteiger partial charge in [0, 0.05) is 6.26 Å². The maximum Gasteiger partial charge on any atom is 0.313 e. The quantitative estimate of drug-likeness (QED) is 0.440. The van der Waals surface area contributed by atoms with Crippen molar-refractivity contribution in [1.29, 1.82) is 0 Å². The van der Waals surface area contributed by atoms with Crippen LogP contribution in [0.4, 0.5) is 0 Å². The fraction of sp³-hybridized carbons (Fsp3) is 1.00. The molecule has 0 rings (SSSR count). The summed E-state index contributed by atoms with van der Waals surface area (Å²) < 4.78 is 0. The highest BCUT2D eigenvalue weighted by atomic mass is 33.2. The fourth-order valence-corrected chi connectivity index (χ4v) is 0. The molecule has 0 spiro atoms. The number of hydrogen-bond donors (Lipinski definition) is 1. The van der Waals surface area contributed by atoms with E-state index in [0.29, 0.717) is 0 Å². The first-order chi connectivity index (χ1) is 2.27. The molecule has 0 fully saturated rings. The Morgan fingerprint density at radius 3 is 2.20 bits per heavy atom. The molecule has 0 saturated carbocycles. The zero-order chi connectivity index (χ0) is 4.28. The van der Waals surface area contributed by atoms with Gasteiger partial charge in [0.05, 0.1) is 12.2 Å². The van der Waals surface area contributed by atoms with Crippen LogP contribution in [0.1, 0.15) is 0 Å². The minimum absolute atomic E-state index is 0.404. The summed E-state index contributed by atoms with van der Waals surface area (Å²) in [5, 5.41) is -0.404. The number of thiol groups is 1. The van der Waals surface area contributed by atoms with E-state index in [1.54, 1.807) is 11.4 Å². The molecule has 0 aliphatic rings. The van der Waals surface area contributed by atoms with Gasteiger partial charge < -0.3 is 0 Å². The van der Waals surface area contributed by atoms with Gasteiger partial charge in [-0.1, -0.05) is 0 Å². The van der Waals surface area contributed by atoms with E-state index in [9.17, 15) is 0 Å². The lowest BCUT2D eigenvalue weighted by atomic mass is 12.0. The van der Waals surface area contributed by atoms with Crippen molar-refractivity contribution in [3.63, 3.8) is 0 Å². The predicted octanol–water partition coefficient (Wildman–Crippen LogP) is 2.05. The molecule has 0 bridgehead atoms. The Hall–Kier alpha value is 1.22. The van der Waals surface area contributed by atoms with Crippen molar-refractivity contribution in [2.45, 2.75) is 0 Å². The molecule has 30 valence electrons. The van der Waals surface area contributed by atoms with Gasteiger partial charge in [-0.2, -0.15) is 0 Å². The summed E-state index contributed by atoms with van der Waals surface area (Å²) in [5.74, 6) is 0. The van der Waals surface area contributed by atoms with E-state index < -0.39 is 5.10 Å². The first-order valence-corrected chi connectivity index (χ1v) is 6.31. The smallest absolute Gasteiger partial charge is 0.0288 e. The Morgan fingerprint density at radius 1 is 2.00 bits per heavy atom. The summed E-state index contributed by atoms with van der Waals surface area (Å²) in [4.78, 5) is 0. The van der Waals surface area contributed by atoms with E-state index in [2.05, 4.69) is 24.1 Å². The molecule has 5 heavy (non-hydrogen) atoms. The lowest BCUT2D eigenvalue weighted by molar-refractivity contribution is 2.54. The largest absolute Gasteiger partial charge is 0.313 e. The van der Waals surface area contributed by atoms with Crippen LogP contribution in [0.5, 0.6) is 0 Å². The first kappa shape index (κ1) is 6.22. The van der Waals surface area contributed by atoms with E-state index in [-0.39, 0.29) is 0 Å². The van der Waals surface area contributed by atoms with Gasteiger partial charge in [0.2, 0.25) is 0 Å². The van der Waals surface area contributed by atoms with Crippen molar-refractivity contribution in [3.05, 3.63) is 0 Å². The maximum absolute atomic E-state index is 4.67. The third kappa shape index (κ3) is 5.22. The topological polar surface area (TPSA) is 0 Å². The van der Waals surface area contributed by atoms with Gasteiger partial charge in [0.25, 0.3) is 0 Å². The fourth-order valence-electron chi connectivity index (χ4n) is 0. The van der Waals surface area contributed by atoms with Crippen molar-refractivity contribution in [2.24, 2.45) is 0 Å². The lowest BCUT2D eigenvalue weighted by Gasteiger charge is -1.55. The van der Waals surface area contributed by atoms with Gasteiger partial charge in [-0.05, 0) is 0 Å². The van der Waals surface area contributed by atoms with Crippen LogP contribution in [0.3, 0.4) is 0 Å². The molecule has 0 nitrogen and oxygen atoms in total. The lowest BCUT2D eigenvalue weighted by Crippen LogP contribution is -1.22. The molecule has 0 aromatic carbocycles. The molecular weight excluding hydrogens is 139 g/mol. The van der Waals surface area contributed by atoms with E-state index in [0.717, 1.165) is 0 Å². The van der Waals surface area contributed by atoms with Crippen molar-refractivity contribution < 1.29 is 0 Å². The standard InChI is InChI=1S/CH3PS3/c1-5-2(3)4/h1H3/p+1. The van der Waals surface area contributed by atoms with Crippen LogP contribution >= 0.6 is 28.7 Å². The van der Waals surface area contributed by atoms with Crippen molar-refractivity contribution in [2.75, 3.05) is 6.26 Å². The highest BCUT2D eigenvalue weighted by Crippen LogP contribution is 2.39. The monoisotopic (exact) mass is 143 g/mol. The van der Waals surface area contributed by atoms with Crippen LogP contribution in [0.2, 0.25) is 0 Å². The summed E-state index contributed by atoms with van der Waals surface area (Å²) >= 11 is 10.2. The average Bonchev–Trinajstić information content (AvgIpc) is 1.38. The van der Waals surface area contributed by atoms with Crippen LogP contribution in [0, 0.1) is 0 Å². The van der Waals surface area contributed by atoms with Crippen LogP contribution in [0.25, 0.3) is 0 Å². The Morgan fingerprint density at radius 2 is 2.20 bits per heavy atom. The number of rotatable bonds is 1. The highest BCUT2D eigenvalue weighted by molar-refractivity contribution is 8.89. The Kier molecular flexibility index (Phi) is 4.24. The van der Waals surface area contributed by atoms with Crippen LogP contribution in [0.15, 0.2) is 0 Å². The van der Waals surface area contributed by atoms with Crippen molar-refractivity contribution in [1.82, 2.24) is 0 Å². The van der Waals surface area contributed by atoms with Crippen LogP contribution in [-0.2, 0) is 11.8 Å². The molecule has 0 heterocycles. The zero-order valence-corrected chi connectivity index (χ0v) is 6.13. The minimum Gasteiger partial charge on any atom is 0.0288 e. The van der Waals surface area contributed by atoms with Gasteiger partial charge in [-0.15, -0.1) is 0 Å². The highest BCUT2D eigenvalue weighted by Gasteiger charge is 1.92. The molecule has 0 amide bonds. The first-order valence-electron chi connectivity index (χ1n) is 0.973. The zero-order valence-electron chi connectivity index (χ0n) is 2.71. The van der Waals surface area contributed by atoms with E-state index in [1.165, 1.54) is 0 Å². The third-order valence-electron chi connectivity index (χ3n) is 0.156. The van der Waals surface area contributed by atoms with Crippen molar-refractivity contribution >= 4 is 40.5 Å². The average molecular weight is 143 g/mol. The molecule has 0 aromatic rings. The molecule has 0 radical (unpaired) electrons. The maximum atomic E-state index is 4.67. The van der Waals surface area contributed by atoms with E-state index in [4.69, 9.17) is 0 Å². The second kappa shape index (κ2) is 3.41. The Bertz CT molecular complexity index is 42.2. The summed E-state index contributed by atoms with van der Waals surface area (Å²) in [6, 6.07) is 0. The normalized spacial score (nSPS) is 11.2. The van der Waals surface area contributed by atoms with Gasteiger partial charge in [-0.3, -0.25) is 0 Å². The second-order valence-electron chi connectivity index (χ2n) is 0.420. The van der Waals surface area contributed by atoms with Gasteiger partial charge in [0.1, 0.15) is 11.4 Å². The molecule has 0 N–H and O–H groups in total. The van der Waals surface area contributed by atoms with Crippen LogP contribution in [-0.4, -0.2) is 6.26 Å². The van der Waals surface area contributed by atoms with Crippen molar-refractivity contribution in [3.8, 4) is 0 Å². The molecule has 0 aromatic heterocycles. The van der Waals surface area contributed by atoms with E-state index in [1.807, 2.05) is 6.26 Å². The Labute approximate surface area is 47.0 Å². The van der Waals surface area contributed by atoms with Gasteiger partial charge in [-0.25, -0.2) is 0 Å². The minimum atomic E-state index is -0.404. The molecular formula is CH4PS3+. The van der Waals surface area contributed by atoms with Crippen LogP contribution < -0.4 is 0 Å². The number of hydrogen-bond acceptors (Lipinski definition) is 2. The summed E-state index contributed by atoms with van der Waals surface area (Å²) in [7, 11) is 0.